The predicted molar refractivity (Wildman–Crippen MR) is 98.4 cm³/mol. The normalized spacial score (nSPS) is 13.8. The van der Waals surface area contributed by atoms with E-state index in [1.807, 2.05) is 35.2 Å². The monoisotopic (exact) mass is 334 g/mol. The third-order valence-corrected chi connectivity index (χ3v) is 4.84. The summed E-state index contributed by atoms with van der Waals surface area (Å²) in [6.07, 6.45) is 1.71. The summed E-state index contributed by atoms with van der Waals surface area (Å²) in [7, 11) is 0. The molecule has 1 aliphatic heterocycles. The fourth-order valence-corrected chi connectivity index (χ4v) is 3.46. The average Bonchev–Trinajstić information content (AvgIpc) is 3.04. The highest BCUT2D eigenvalue weighted by atomic mass is 16.5. The molecule has 0 unspecified atom stereocenters. The van der Waals surface area contributed by atoms with E-state index in [4.69, 9.17) is 4.74 Å². The van der Waals surface area contributed by atoms with E-state index >= 15 is 0 Å². The first-order valence-corrected chi connectivity index (χ1v) is 8.79. The minimum atomic E-state index is 0.0731. The molecule has 0 radical (unpaired) electrons. The third kappa shape index (κ3) is 3.44. The summed E-state index contributed by atoms with van der Waals surface area (Å²) in [5.74, 6) is 0.0731. The Kier molecular flexibility index (Phi) is 4.53. The zero-order valence-electron chi connectivity index (χ0n) is 14.2. The van der Waals surface area contributed by atoms with Gasteiger partial charge in [-0.25, -0.2) is 0 Å². The topological polar surface area (TPSA) is 45.3 Å². The Morgan fingerprint density at radius 2 is 1.88 bits per heavy atom. The van der Waals surface area contributed by atoms with E-state index in [0.717, 1.165) is 24.9 Å². The van der Waals surface area contributed by atoms with E-state index in [0.29, 0.717) is 13.2 Å². The molecular weight excluding hydrogens is 312 g/mol. The van der Waals surface area contributed by atoms with Crippen molar-refractivity contribution in [3.8, 4) is 0 Å². The Morgan fingerprint density at radius 3 is 2.76 bits per heavy atom. The Morgan fingerprint density at radius 1 is 1.08 bits per heavy atom. The standard InChI is InChI=1S/C21H22N2O2/c24-21(15-25-13-11-16-6-2-1-3-7-16)23-12-10-20-18(14-23)17-8-4-5-9-19(17)22-20/h1-9,22H,10-15H2. The van der Waals surface area contributed by atoms with Crippen molar-refractivity contribution in [2.24, 2.45) is 0 Å². The van der Waals surface area contributed by atoms with Gasteiger partial charge in [0.2, 0.25) is 5.91 Å². The molecule has 1 aliphatic rings. The number of benzene rings is 2. The molecule has 128 valence electrons. The minimum absolute atomic E-state index is 0.0731. The maximum absolute atomic E-state index is 12.5. The first-order valence-electron chi connectivity index (χ1n) is 8.79. The second-order valence-corrected chi connectivity index (χ2v) is 6.48. The van der Waals surface area contributed by atoms with Crippen molar-refractivity contribution < 1.29 is 9.53 Å². The van der Waals surface area contributed by atoms with Gasteiger partial charge in [0.15, 0.2) is 0 Å². The van der Waals surface area contributed by atoms with Crippen LogP contribution >= 0.6 is 0 Å². The summed E-state index contributed by atoms with van der Waals surface area (Å²) < 4.78 is 5.61. The number of nitrogens with zero attached hydrogens (tertiary/aromatic N) is 1. The van der Waals surface area contributed by atoms with E-state index in [1.54, 1.807) is 0 Å². The Balaban J connectivity index is 1.33. The van der Waals surface area contributed by atoms with Gasteiger partial charge in [0, 0.05) is 41.7 Å². The lowest BCUT2D eigenvalue weighted by atomic mass is 10.0. The van der Waals surface area contributed by atoms with Crippen LogP contribution < -0.4 is 0 Å². The van der Waals surface area contributed by atoms with Crippen LogP contribution in [0.3, 0.4) is 0 Å². The maximum Gasteiger partial charge on any atom is 0.248 e. The van der Waals surface area contributed by atoms with Gasteiger partial charge in [0.05, 0.1) is 6.61 Å². The molecule has 0 aliphatic carbocycles. The number of aromatic nitrogens is 1. The number of rotatable bonds is 5. The second-order valence-electron chi connectivity index (χ2n) is 6.48. The van der Waals surface area contributed by atoms with Crippen LogP contribution in [0.2, 0.25) is 0 Å². The van der Waals surface area contributed by atoms with Crippen LogP contribution in [0.5, 0.6) is 0 Å². The Labute approximate surface area is 147 Å². The molecule has 4 heteroatoms. The number of para-hydroxylation sites is 1. The molecule has 1 N–H and O–H groups in total. The molecule has 0 saturated carbocycles. The lowest BCUT2D eigenvalue weighted by Crippen LogP contribution is -2.38. The first-order chi connectivity index (χ1) is 12.3. The summed E-state index contributed by atoms with van der Waals surface area (Å²) in [5, 5.41) is 1.22. The van der Waals surface area contributed by atoms with Crippen LogP contribution in [0.15, 0.2) is 54.6 Å². The van der Waals surface area contributed by atoms with Crippen molar-refractivity contribution in [1.29, 1.82) is 0 Å². The highest BCUT2D eigenvalue weighted by Gasteiger charge is 2.23. The number of amides is 1. The lowest BCUT2D eigenvalue weighted by Gasteiger charge is -2.27. The molecule has 25 heavy (non-hydrogen) atoms. The molecule has 4 rings (SSSR count). The molecule has 0 saturated heterocycles. The van der Waals surface area contributed by atoms with E-state index in [2.05, 4.69) is 29.2 Å². The van der Waals surface area contributed by atoms with Crippen LogP contribution in [0.4, 0.5) is 0 Å². The number of ether oxygens (including phenoxy) is 1. The second kappa shape index (κ2) is 7.11. The zero-order valence-corrected chi connectivity index (χ0v) is 14.2. The third-order valence-electron chi connectivity index (χ3n) is 4.84. The van der Waals surface area contributed by atoms with Crippen molar-refractivity contribution in [2.45, 2.75) is 19.4 Å². The van der Waals surface area contributed by atoms with E-state index < -0.39 is 0 Å². The summed E-state index contributed by atoms with van der Waals surface area (Å²) in [6.45, 7) is 2.15. The molecule has 4 nitrogen and oxygen atoms in total. The first kappa shape index (κ1) is 15.9. The van der Waals surface area contributed by atoms with Gasteiger partial charge in [-0.1, -0.05) is 48.5 Å². The fourth-order valence-electron chi connectivity index (χ4n) is 3.46. The van der Waals surface area contributed by atoms with Crippen LogP contribution in [0.1, 0.15) is 16.8 Å². The van der Waals surface area contributed by atoms with Crippen LogP contribution in [0, 0.1) is 0 Å². The smallest absolute Gasteiger partial charge is 0.248 e. The SMILES string of the molecule is O=C(COCCc1ccccc1)N1CCc2[nH]c3ccccc3c2C1. The van der Waals surface area contributed by atoms with Crippen LogP contribution in [-0.2, 0) is 28.9 Å². The number of hydrogen-bond acceptors (Lipinski definition) is 2. The molecule has 0 spiro atoms. The Hall–Kier alpha value is -2.59. The van der Waals surface area contributed by atoms with Gasteiger partial charge in [-0.2, -0.15) is 0 Å². The summed E-state index contributed by atoms with van der Waals surface area (Å²) >= 11 is 0. The highest BCUT2D eigenvalue weighted by molar-refractivity contribution is 5.86. The molecule has 3 aromatic rings. The van der Waals surface area contributed by atoms with E-state index in [-0.39, 0.29) is 12.5 Å². The maximum atomic E-state index is 12.5. The molecule has 1 amide bonds. The van der Waals surface area contributed by atoms with Gasteiger partial charge in [-0.05, 0) is 18.1 Å². The van der Waals surface area contributed by atoms with Gasteiger partial charge < -0.3 is 14.6 Å². The molecule has 1 aromatic heterocycles. The molecule has 2 heterocycles. The van der Waals surface area contributed by atoms with Gasteiger partial charge in [0.25, 0.3) is 0 Å². The van der Waals surface area contributed by atoms with Gasteiger partial charge in [-0.15, -0.1) is 0 Å². The number of H-pyrrole nitrogens is 1. The van der Waals surface area contributed by atoms with Crippen molar-refractivity contribution in [2.75, 3.05) is 19.8 Å². The number of aromatic amines is 1. The molecule has 0 bridgehead atoms. The molecular formula is C21H22N2O2. The van der Waals surface area contributed by atoms with Crippen molar-refractivity contribution in [3.05, 3.63) is 71.4 Å². The lowest BCUT2D eigenvalue weighted by molar-refractivity contribution is -0.137. The summed E-state index contributed by atoms with van der Waals surface area (Å²) in [5.41, 5.74) is 4.90. The average molecular weight is 334 g/mol. The quantitative estimate of drug-likeness (QED) is 0.728. The zero-order chi connectivity index (χ0) is 17.1. The number of nitrogens with one attached hydrogen (secondary N) is 1. The van der Waals surface area contributed by atoms with E-state index in [9.17, 15) is 4.79 Å². The van der Waals surface area contributed by atoms with Gasteiger partial charge in [0.1, 0.15) is 6.61 Å². The summed E-state index contributed by atoms with van der Waals surface area (Å²) in [4.78, 5) is 17.9. The van der Waals surface area contributed by atoms with Crippen molar-refractivity contribution in [1.82, 2.24) is 9.88 Å². The number of hydrogen-bond donors (Lipinski definition) is 1. The molecule has 2 aromatic carbocycles. The number of fused-ring (bicyclic) bond motifs is 3. The minimum Gasteiger partial charge on any atom is -0.371 e. The largest absolute Gasteiger partial charge is 0.371 e. The van der Waals surface area contributed by atoms with Crippen LogP contribution in [0.25, 0.3) is 10.9 Å². The summed E-state index contributed by atoms with van der Waals surface area (Å²) in [6, 6.07) is 18.5. The van der Waals surface area contributed by atoms with Crippen LogP contribution in [-0.4, -0.2) is 35.5 Å². The van der Waals surface area contributed by atoms with Crippen molar-refractivity contribution >= 4 is 16.8 Å². The van der Waals surface area contributed by atoms with E-state index in [1.165, 1.54) is 22.2 Å². The fraction of sp³-hybridized carbons (Fsp3) is 0.286. The van der Waals surface area contributed by atoms with Crippen molar-refractivity contribution in [3.63, 3.8) is 0 Å². The number of carbonyl (C=O) groups is 1. The molecule has 0 atom stereocenters. The highest BCUT2D eigenvalue weighted by Crippen LogP contribution is 2.27. The molecule has 0 fully saturated rings. The Bertz CT molecular complexity index is 870. The predicted octanol–water partition coefficient (Wildman–Crippen LogP) is 3.31. The number of carbonyl (C=O) groups excluding carboxylic acids is 1. The van der Waals surface area contributed by atoms with Gasteiger partial charge in [-0.3, -0.25) is 4.79 Å². The van der Waals surface area contributed by atoms with Gasteiger partial charge >= 0.3 is 0 Å².